The maximum Gasteiger partial charge on any atom is 0.372 e. The SMILES string of the molecule is CC(=O)c1ccc(Cc2c[nH]cc2C(=O)CC(=O)C(=O)O)cc1. The number of hydrogen-bond donors (Lipinski definition) is 2. The summed E-state index contributed by atoms with van der Waals surface area (Å²) < 4.78 is 0. The molecule has 0 saturated heterocycles. The molecule has 2 rings (SSSR count). The van der Waals surface area contributed by atoms with Crippen LogP contribution in [-0.2, 0) is 16.0 Å². The average Bonchev–Trinajstić information content (AvgIpc) is 2.95. The van der Waals surface area contributed by atoms with Crippen molar-refractivity contribution in [2.24, 2.45) is 0 Å². The Morgan fingerprint density at radius 2 is 1.70 bits per heavy atom. The lowest BCUT2D eigenvalue weighted by atomic mass is 9.98. The Morgan fingerprint density at radius 3 is 2.26 bits per heavy atom. The second kappa shape index (κ2) is 6.83. The van der Waals surface area contributed by atoms with Gasteiger partial charge in [-0.25, -0.2) is 4.79 Å². The molecule has 0 atom stereocenters. The molecule has 0 bridgehead atoms. The number of aromatic amines is 1. The molecule has 118 valence electrons. The number of ketones is 3. The topological polar surface area (TPSA) is 104 Å². The van der Waals surface area contributed by atoms with Gasteiger partial charge < -0.3 is 10.1 Å². The van der Waals surface area contributed by atoms with Crippen molar-refractivity contribution in [2.45, 2.75) is 19.8 Å². The van der Waals surface area contributed by atoms with Gasteiger partial charge in [0.15, 0.2) is 11.6 Å². The third kappa shape index (κ3) is 4.00. The molecule has 0 aliphatic rings. The third-order valence-corrected chi connectivity index (χ3v) is 3.45. The van der Waals surface area contributed by atoms with Crippen LogP contribution in [0.25, 0.3) is 0 Å². The van der Waals surface area contributed by atoms with Gasteiger partial charge in [-0.1, -0.05) is 24.3 Å². The Bertz CT molecular complexity index is 771. The van der Waals surface area contributed by atoms with E-state index in [0.717, 1.165) is 5.56 Å². The molecule has 0 spiro atoms. The average molecular weight is 313 g/mol. The number of carbonyl (C=O) groups is 4. The molecule has 2 aromatic rings. The zero-order valence-corrected chi connectivity index (χ0v) is 12.5. The molecule has 0 unspecified atom stereocenters. The van der Waals surface area contributed by atoms with Gasteiger partial charge in [-0.3, -0.25) is 14.4 Å². The Balaban J connectivity index is 2.14. The van der Waals surface area contributed by atoms with Crippen molar-refractivity contribution in [1.82, 2.24) is 4.98 Å². The van der Waals surface area contributed by atoms with Crippen molar-refractivity contribution in [1.29, 1.82) is 0 Å². The van der Waals surface area contributed by atoms with Gasteiger partial charge in [0.05, 0.1) is 6.42 Å². The van der Waals surface area contributed by atoms with E-state index < -0.39 is 24.0 Å². The van der Waals surface area contributed by atoms with Crippen LogP contribution in [-0.4, -0.2) is 33.4 Å². The van der Waals surface area contributed by atoms with Crippen molar-refractivity contribution >= 4 is 23.3 Å². The predicted molar refractivity (Wildman–Crippen MR) is 81.6 cm³/mol. The standard InChI is InChI=1S/C17H15NO5/c1-10(19)12-4-2-11(3-5-12)6-13-8-18-9-14(13)15(20)7-16(21)17(22)23/h2-5,8-9,18H,6-7H2,1H3,(H,22,23). The molecule has 0 aliphatic heterocycles. The van der Waals surface area contributed by atoms with Crippen molar-refractivity contribution in [3.63, 3.8) is 0 Å². The fourth-order valence-electron chi connectivity index (χ4n) is 2.20. The van der Waals surface area contributed by atoms with Gasteiger partial charge in [-0.15, -0.1) is 0 Å². The van der Waals surface area contributed by atoms with Crippen LogP contribution < -0.4 is 0 Å². The number of carbonyl (C=O) groups excluding carboxylic acids is 3. The molecule has 0 aliphatic carbocycles. The van der Waals surface area contributed by atoms with E-state index in [1.54, 1.807) is 30.5 Å². The Kier molecular flexibility index (Phi) is 4.85. The highest BCUT2D eigenvalue weighted by molar-refractivity contribution is 6.37. The molecule has 6 nitrogen and oxygen atoms in total. The van der Waals surface area contributed by atoms with E-state index in [9.17, 15) is 19.2 Å². The minimum absolute atomic E-state index is 0.0266. The first-order valence-electron chi connectivity index (χ1n) is 6.93. The second-order valence-corrected chi connectivity index (χ2v) is 5.15. The van der Waals surface area contributed by atoms with Crippen molar-refractivity contribution in [3.05, 3.63) is 58.9 Å². The van der Waals surface area contributed by atoms with Crippen molar-refractivity contribution < 1.29 is 24.3 Å². The minimum Gasteiger partial charge on any atom is -0.475 e. The number of Topliss-reactive ketones (excluding diaryl/α,β-unsaturated/α-hetero) is 3. The summed E-state index contributed by atoms with van der Waals surface area (Å²) >= 11 is 0. The molecule has 0 saturated carbocycles. The third-order valence-electron chi connectivity index (χ3n) is 3.45. The van der Waals surface area contributed by atoms with E-state index in [1.807, 2.05) is 0 Å². The molecule has 6 heteroatoms. The summed E-state index contributed by atoms with van der Waals surface area (Å²) in [5.74, 6) is -3.31. The highest BCUT2D eigenvalue weighted by Gasteiger charge is 2.20. The maximum atomic E-state index is 12.0. The summed E-state index contributed by atoms with van der Waals surface area (Å²) in [5, 5.41) is 8.57. The summed E-state index contributed by atoms with van der Waals surface area (Å²) in [4.78, 5) is 47.8. The van der Waals surface area contributed by atoms with Crippen molar-refractivity contribution in [3.8, 4) is 0 Å². The summed E-state index contributed by atoms with van der Waals surface area (Å²) in [7, 11) is 0. The van der Waals surface area contributed by atoms with E-state index in [0.29, 0.717) is 23.1 Å². The number of carboxylic acids is 1. The lowest BCUT2D eigenvalue weighted by Gasteiger charge is -2.04. The highest BCUT2D eigenvalue weighted by Crippen LogP contribution is 2.17. The lowest BCUT2D eigenvalue weighted by Crippen LogP contribution is -2.17. The fraction of sp³-hybridized carbons (Fsp3) is 0.176. The van der Waals surface area contributed by atoms with Gasteiger partial charge in [-0.2, -0.15) is 0 Å². The van der Waals surface area contributed by atoms with Gasteiger partial charge in [-0.05, 0) is 24.5 Å². The van der Waals surface area contributed by atoms with Crippen molar-refractivity contribution in [2.75, 3.05) is 0 Å². The van der Waals surface area contributed by atoms with Gasteiger partial charge in [0.2, 0.25) is 5.78 Å². The van der Waals surface area contributed by atoms with E-state index in [1.165, 1.54) is 13.1 Å². The van der Waals surface area contributed by atoms with Crippen LogP contribution in [0.4, 0.5) is 0 Å². The number of hydrogen-bond acceptors (Lipinski definition) is 4. The normalized spacial score (nSPS) is 10.3. The number of carboxylic acid groups (broad SMARTS) is 1. The molecule has 1 aromatic heterocycles. The van der Waals surface area contributed by atoms with Crippen LogP contribution in [0.5, 0.6) is 0 Å². The Hall–Kier alpha value is -3.02. The quantitative estimate of drug-likeness (QED) is 0.462. The molecule has 1 heterocycles. The Morgan fingerprint density at radius 1 is 1.04 bits per heavy atom. The summed E-state index contributed by atoms with van der Waals surface area (Å²) in [6.45, 7) is 1.48. The smallest absolute Gasteiger partial charge is 0.372 e. The van der Waals surface area contributed by atoms with E-state index in [4.69, 9.17) is 5.11 Å². The number of aliphatic carboxylic acids is 1. The monoisotopic (exact) mass is 313 g/mol. The van der Waals surface area contributed by atoms with Crippen LogP contribution in [0.3, 0.4) is 0 Å². The summed E-state index contributed by atoms with van der Waals surface area (Å²) in [6, 6.07) is 7.00. The van der Waals surface area contributed by atoms with Crippen LogP contribution in [0.2, 0.25) is 0 Å². The number of aromatic nitrogens is 1. The minimum atomic E-state index is -1.62. The molecule has 0 fully saturated rings. The van der Waals surface area contributed by atoms with E-state index in [-0.39, 0.29) is 5.78 Å². The zero-order chi connectivity index (χ0) is 17.0. The molecule has 23 heavy (non-hydrogen) atoms. The van der Waals surface area contributed by atoms with Crippen LogP contribution in [0, 0.1) is 0 Å². The van der Waals surface area contributed by atoms with E-state index in [2.05, 4.69) is 4.98 Å². The second-order valence-electron chi connectivity index (χ2n) is 5.15. The first-order chi connectivity index (χ1) is 10.9. The van der Waals surface area contributed by atoms with Crippen LogP contribution in [0.15, 0.2) is 36.7 Å². The van der Waals surface area contributed by atoms with Gasteiger partial charge in [0.1, 0.15) is 0 Å². The number of H-pyrrole nitrogens is 1. The fourth-order valence-corrected chi connectivity index (χ4v) is 2.20. The summed E-state index contributed by atoms with van der Waals surface area (Å²) in [5.41, 5.74) is 2.47. The number of rotatable bonds is 7. The molecule has 1 aromatic carbocycles. The molecule has 2 N–H and O–H groups in total. The largest absolute Gasteiger partial charge is 0.475 e. The van der Waals surface area contributed by atoms with Crippen LogP contribution in [0.1, 0.15) is 45.2 Å². The van der Waals surface area contributed by atoms with Gasteiger partial charge >= 0.3 is 5.97 Å². The molecular weight excluding hydrogens is 298 g/mol. The zero-order valence-electron chi connectivity index (χ0n) is 12.5. The lowest BCUT2D eigenvalue weighted by molar-refractivity contribution is -0.148. The Labute approximate surface area is 132 Å². The van der Waals surface area contributed by atoms with Gasteiger partial charge in [0, 0.05) is 23.5 Å². The van der Waals surface area contributed by atoms with Crippen LogP contribution >= 0.6 is 0 Å². The maximum absolute atomic E-state index is 12.0. The molecular formula is C17H15NO5. The van der Waals surface area contributed by atoms with Gasteiger partial charge in [0.25, 0.3) is 0 Å². The first-order valence-corrected chi connectivity index (χ1v) is 6.93. The first kappa shape index (κ1) is 16.4. The predicted octanol–water partition coefficient (Wildman–Crippen LogP) is 2.03. The molecule has 0 radical (unpaired) electrons. The summed E-state index contributed by atoms with van der Waals surface area (Å²) in [6.07, 6.45) is 2.86. The number of benzene rings is 1. The number of nitrogens with one attached hydrogen (secondary N) is 1. The van der Waals surface area contributed by atoms with E-state index >= 15 is 0 Å². The highest BCUT2D eigenvalue weighted by atomic mass is 16.4. The molecule has 0 amide bonds.